The van der Waals surface area contributed by atoms with Gasteiger partial charge in [-0.15, -0.1) is 0 Å². The van der Waals surface area contributed by atoms with Crippen LogP contribution in [0.5, 0.6) is 0 Å². The summed E-state index contributed by atoms with van der Waals surface area (Å²) >= 11 is 3.66. The first kappa shape index (κ1) is 11.6. The van der Waals surface area contributed by atoms with Crippen LogP contribution in [0, 0.1) is 3.57 Å². The fourth-order valence-corrected chi connectivity index (χ4v) is 1.81. The van der Waals surface area contributed by atoms with Gasteiger partial charge in [-0.25, -0.2) is 0 Å². The number of carbonyl (C=O) groups excluding carboxylic acids is 1. The highest BCUT2D eigenvalue weighted by Gasteiger charge is 2.04. The summed E-state index contributed by atoms with van der Waals surface area (Å²) in [5, 5.41) is 2.75. The van der Waals surface area contributed by atoms with Crippen LogP contribution in [0.25, 0.3) is 0 Å². The highest BCUT2D eigenvalue weighted by atomic mass is 127. The van der Waals surface area contributed by atoms with Gasteiger partial charge in [0.05, 0.1) is 17.1 Å². The van der Waals surface area contributed by atoms with E-state index in [-0.39, 0.29) is 5.91 Å². The van der Waals surface area contributed by atoms with Gasteiger partial charge >= 0.3 is 0 Å². The second-order valence-electron chi connectivity index (χ2n) is 2.71. The second kappa shape index (κ2) is 5.45. The van der Waals surface area contributed by atoms with E-state index in [9.17, 15) is 4.79 Å². The minimum Gasteiger partial charge on any atom is -0.397 e. The van der Waals surface area contributed by atoms with Gasteiger partial charge in [0.15, 0.2) is 0 Å². The van der Waals surface area contributed by atoms with Crippen LogP contribution in [-0.4, -0.2) is 17.9 Å². The summed E-state index contributed by atoms with van der Waals surface area (Å²) in [5.74, 6) is 0.427. The lowest BCUT2D eigenvalue weighted by Crippen LogP contribution is -2.14. The Morgan fingerprint density at radius 1 is 1.64 bits per heavy atom. The van der Waals surface area contributed by atoms with Crippen molar-refractivity contribution in [2.45, 2.75) is 0 Å². The molecule has 0 saturated heterocycles. The molecular weight excluding hydrogens is 311 g/mol. The molecule has 76 valence electrons. The van der Waals surface area contributed by atoms with E-state index in [2.05, 4.69) is 27.9 Å². The summed E-state index contributed by atoms with van der Waals surface area (Å²) in [6.45, 7) is 0. The molecule has 0 aliphatic carbocycles. The van der Waals surface area contributed by atoms with Crippen LogP contribution >= 0.6 is 34.4 Å². The number of benzene rings is 1. The number of thioether (sulfide) groups is 1. The number of nitrogen functional groups attached to an aromatic ring is 1. The Morgan fingerprint density at radius 3 is 2.93 bits per heavy atom. The zero-order chi connectivity index (χ0) is 10.6. The van der Waals surface area contributed by atoms with Crippen molar-refractivity contribution in [2.75, 3.05) is 23.1 Å². The van der Waals surface area contributed by atoms with Gasteiger partial charge in [0.2, 0.25) is 5.91 Å². The molecule has 1 rings (SSSR count). The van der Waals surface area contributed by atoms with Crippen LogP contribution in [0.3, 0.4) is 0 Å². The number of amides is 1. The molecule has 0 aliphatic heterocycles. The van der Waals surface area contributed by atoms with Crippen molar-refractivity contribution in [1.29, 1.82) is 0 Å². The first-order valence-electron chi connectivity index (χ1n) is 3.97. The first-order valence-corrected chi connectivity index (χ1v) is 6.44. The number of carbonyl (C=O) groups is 1. The predicted octanol–water partition coefficient (Wildman–Crippen LogP) is 2.17. The molecular formula is C9H11IN2OS. The fourth-order valence-electron chi connectivity index (χ4n) is 0.965. The number of halogens is 1. The Balaban J connectivity index is 2.72. The lowest BCUT2D eigenvalue weighted by molar-refractivity contribution is -0.113. The van der Waals surface area contributed by atoms with Gasteiger partial charge in [0.1, 0.15) is 0 Å². The summed E-state index contributed by atoms with van der Waals surface area (Å²) in [6, 6.07) is 5.55. The van der Waals surface area contributed by atoms with Gasteiger partial charge in [-0.05, 0) is 47.0 Å². The Hall–Kier alpha value is -0.430. The highest BCUT2D eigenvalue weighted by molar-refractivity contribution is 14.1. The molecule has 0 radical (unpaired) electrons. The van der Waals surface area contributed by atoms with Gasteiger partial charge in [0, 0.05) is 3.57 Å². The number of hydrogen-bond donors (Lipinski definition) is 2. The predicted molar refractivity (Wildman–Crippen MR) is 70.6 cm³/mol. The Morgan fingerprint density at radius 2 is 2.36 bits per heavy atom. The van der Waals surface area contributed by atoms with Crippen LogP contribution in [-0.2, 0) is 4.79 Å². The van der Waals surface area contributed by atoms with Crippen molar-refractivity contribution in [3.63, 3.8) is 0 Å². The molecule has 0 saturated carbocycles. The van der Waals surface area contributed by atoms with Crippen LogP contribution < -0.4 is 11.1 Å². The van der Waals surface area contributed by atoms with E-state index in [0.717, 1.165) is 3.57 Å². The van der Waals surface area contributed by atoms with Gasteiger partial charge < -0.3 is 11.1 Å². The topological polar surface area (TPSA) is 55.1 Å². The largest absolute Gasteiger partial charge is 0.397 e. The van der Waals surface area contributed by atoms with Crippen LogP contribution in [0.15, 0.2) is 18.2 Å². The normalized spacial score (nSPS) is 9.86. The van der Waals surface area contributed by atoms with E-state index in [1.54, 1.807) is 0 Å². The minimum atomic E-state index is -0.0228. The molecule has 0 spiro atoms. The lowest BCUT2D eigenvalue weighted by atomic mass is 10.3. The summed E-state index contributed by atoms with van der Waals surface area (Å²) in [4.78, 5) is 11.3. The minimum absolute atomic E-state index is 0.0228. The zero-order valence-electron chi connectivity index (χ0n) is 7.71. The molecule has 5 heteroatoms. The summed E-state index contributed by atoms with van der Waals surface area (Å²) in [6.07, 6.45) is 1.89. The van der Waals surface area contributed by atoms with Crippen molar-refractivity contribution in [1.82, 2.24) is 0 Å². The highest BCUT2D eigenvalue weighted by Crippen LogP contribution is 2.20. The van der Waals surface area contributed by atoms with E-state index in [0.29, 0.717) is 17.1 Å². The molecule has 0 bridgehead atoms. The summed E-state index contributed by atoms with van der Waals surface area (Å²) in [5.41, 5.74) is 7.03. The molecule has 0 unspecified atom stereocenters. The van der Waals surface area contributed by atoms with Crippen LogP contribution in [0.2, 0.25) is 0 Å². The van der Waals surface area contributed by atoms with Crippen molar-refractivity contribution in [2.24, 2.45) is 0 Å². The van der Waals surface area contributed by atoms with Gasteiger partial charge in [0.25, 0.3) is 0 Å². The number of rotatable bonds is 3. The number of anilines is 2. The molecule has 1 aromatic rings. The Labute approximate surface area is 101 Å². The molecule has 14 heavy (non-hydrogen) atoms. The monoisotopic (exact) mass is 322 g/mol. The molecule has 0 fully saturated rings. The maximum absolute atomic E-state index is 11.3. The average molecular weight is 322 g/mol. The van der Waals surface area contributed by atoms with Crippen LogP contribution in [0.1, 0.15) is 0 Å². The quantitative estimate of drug-likeness (QED) is 0.662. The van der Waals surface area contributed by atoms with Crippen molar-refractivity contribution < 1.29 is 4.79 Å². The van der Waals surface area contributed by atoms with Gasteiger partial charge in [-0.2, -0.15) is 11.8 Å². The molecule has 1 aromatic carbocycles. The van der Waals surface area contributed by atoms with E-state index in [1.165, 1.54) is 11.8 Å². The summed E-state index contributed by atoms with van der Waals surface area (Å²) < 4.78 is 1.06. The molecule has 0 atom stereocenters. The van der Waals surface area contributed by atoms with E-state index in [1.807, 2.05) is 24.5 Å². The van der Waals surface area contributed by atoms with E-state index < -0.39 is 0 Å². The van der Waals surface area contributed by atoms with Crippen molar-refractivity contribution in [3.8, 4) is 0 Å². The second-order valence-corrected chi connectivity index (χ2v) is 4.82. The van der Waals surface area contributed by atoms with Crippen molar-refractivity contribution in [3.05, 3.63) is 21.8 Å². The smallest absolute Gasteiger partial charge is 0.234 e. The third kappa shape index (κ3) is 3.38. The van der Waals surface area contributed by atoms with Gasteiger partial charge in [-0.1, -0.05) is 0 Å². The maximum Gasteiger partial charge on any atom is 0.234 e. The molecule has 1 amide bonds. The first-order chi connectivity index (χ1) is 6.63. The van der Waals surface area contributed by atoms with E-state index >= 15 is 0 Å². The summed E-state index contributed by atoms with van der Waals surface area (Å²) in [7, 11) is 0. The van der Waals surface area contributed by atoms with Crippen molar-refractivity contribution >= 4 is 51.6 Å². The number of nitrogens with one attached hydrogen (secondary N) is 1. The molecule has 0 aromatic heterocycles. The average Bonchev–Trinajstić information content (AvgIpc) is 2.10. The van der Waals surface area contributed by atoms with E-state index in [4.69, 9.17) is 5.73 Å². The number of hydrogen-bond acceptors (Lipinski definition) is 3. The molecule has 3 nitrogen and oxygen atoms in total. The standard InChI is InChI=1S/C9H11IN2OS/c1-14-5-9(13)12-8-3-2-6(10)4-7(8)11/h2-4H,5,11H2,1H3,(H,12,13). The van der Waals surface area contributed by atoms with Crippen LogP contribution in [0.4, 0.5) is 11.4 Å². The fraction of sp³-hybridized carbons (Fsp3) is 0.222. The maximum atomic E-state index is 11.3. The lowest BCUT2D eigenvalue weighted by Gasteiger charge is -2.07. The Bertz CT molecular complexity index is 344. The molecule has 0 heterocycles. The van der Waals surface area contributed by atoms with Gasteiger partial charge in [-0.3, -0.25) is 4.79 Å². The third-order valence-corrected chi connectivity index (χ3v) is 2.78. The Kier molecular flexibility index (Phi) is 4.53. The number of nitrogens with two attached hydrogens (primary N) is 1. The molecule has 0 aliphatic rings. The zero-order valence-corrected chi connectivity index (χ0v) is 10.7. The molecule has 3 N–H and O–H groups in total. The SMILES string of the molecule is CSCC(=O)Nc1ccc(I)cc1N. The third-order valence-electron chi connectivity index (χ3n) is 1.56.